The lowest BCUT2D eigenvalue weighted by Crippen LogP contribution is -2.22. The maximum Gasteiger partial charge on any atom is 0.251 e. The number of amides is 2. The number of aromatic nitrogens is 1. The Hall–Kier alpha value is -2.54. The molecule has 0 unspecified atom stereocenters. The molecule has 116 valence electrons. The van der Waals surface area contributed by atoms with Crippen LogP contribution in [0.1, 0.15) is 16.1 Å². The second-order valence-electron chi connectivity index (χ2n) is 4.50. The van der Waals surface area contributed by atoms with E-state index in [1.54, 1.807) is 31.2 Å². The smallest absolute Gasteiger partial charge is 0.251 e. The van der Waals surface area contributed by atoms with Crippen LogP contribution in [-0.2, 0) is 4.79 Å². The van der Waals surface area contributed by atoms with Gasteiger partial charge >= 0.3 is 0 Å². The molecule has 0 saturated heterocycles. The van der Waals surface area contributed by atoms with E-state index in [-0.39, 0.29) is 18.4 Å². The van der Waals surface area contributed by atoms with Gasteiger partial charge in [-0.2, -0.15) is 0 Å². The van der Waals surface area contributed by atoms with Crippen LogP contribution in [0.15, 0.2) is 28.8 Å². The molecule has 0 atom stereocenters. The van der Waals surface area contributed by atoms with E-state index in [1.165, 1.54) is 7.05 Å². The van der Waals surface area contributed by atoms with Crippen molar-refractivity contribution in [3.63, 3.8) is 0 Å². The van der Waals surface area contributed by atoms with Crippen molar-refractivity contribution in [1.29, 1.82) is 0 Å². The highest BCUT2D eigenvalue weighted by Gasteiger charge is 2.10. The van der Waals surface area contributed by atoms with E-state index in [4.69, 9.17) is 16.1 Å². The van der Waals surface area contributed by atoms with Gasteiger partial charge in [-0.25, -0.2) is 0 Å². The molecule has 0 aliphatic carbocycles. The lowest BCUT2D eigenvalue weighted by Gasteiger charge is -2.09. The van der Waals surface area contributed by atoms with Crippen molar-refractivity contribution in [2.75, 3.05) is 24.2 Å². The van der Waals surface area contributed by atoms with Crippen LogP contribution in [0.5, 0.6) is 0 Å². The van der Waals surface area contributed by atoms with E-state index >= 15 is 0 Å². The van der Waals surface area contributed by atoms with E-state index in [9.17, 15) is 9.59 Å². The number of carbonyl (C=O) groups is 2. The number of benzene rings is 1. The van der Waals surface area contributed by atoms with E-state index in [1.807, 2.05) is 0 Å². The molecule has 0 aliphatic heterocycles. The molecular formula is C14H15ClN4O3. The van der Waals surface area contributed by atoms with Gasteiger partial charge in [-0.1, -0.05) is 16.8 Å². The highest BCUT2D eigenvalue weighted by atomic mass is 35.5. The quantitative estimate of drug-likeness (QED) is 0.783. The van der Waals surface area contributed by atoms with Crippen LogP contribution in [0.3, 0.4) is 0 Å². The summed E-state index contributed by atoms with van der Waals surface area (Å²) in [4.78, 5) is 23.4. The minimum absolute atomic E-state index is 0.0250. The summed E-state index contributed by atoms with van der Waals surface area (Å²) in [7, 11) is 1.54. The summed E-state index contributed by atoms with van der Waals surface area (Å²) in [5.41, 5.74) is 0.941. The highest BCUT2D eigenvalue weighted by molar-refractivity contribution is 6.33. The maximum atomic E-state index is 11.8. The Kier molecular flexibility index (Phi) is 5.00. The van der Waals surface area contributed by atoms with Crippen LogP contribution in [0, 0.1) is 6.92 Å². The lowest BCUT2D eigenvalue weighted by atomic mass is 10.2. The van der Waals surface area contributed by atoms with Gasteiger partial charge < -0.3 is 20.5 Å². The molecule has 1 aromatic carbocycles. The molecule has 0 saturated carbocycles. The molecule has 3 N–H and O–H groups in total. The largest absolute Gasteiger partial charge is 0.375 e. The maximum absolute atomic E-state index is 11.8. The third kappa shape index (κ3) is 3.98. The summed E-state index contributed by atoms with van der Waals surface area (Å²) in [5, 5.41) is 12.0. The van der Waals surface area contributed by atoms with Crippen LogP contribution in [-0.4, -0.2) is 30.6 Å². The van der Waals surface area contributed by atoms with Crippen molar-refractivity contribution in [3.05, 3.63) is 40.6 Å². The molecule has 0 bridgehead atoms. The number of hydrogen-bond acceptors (Lipinski definition) is 5. The van der Waals surface area contributed by atoms with E-state index in [0.717, 1.165) is 0 Å². The van der Waals surface area contributed by atoms with Gasteiger partial charge in [-0.15, -0.1) is 0 Å². The van der Waals surface area contributed by atoms with Crippen molar-refractivity contribution in [2.45, 2.75) is 6.92 Å². The molecule has 1 aromatic heterocycles. The number of nitrogens with zero attached hydrogens (tertiary/aromatic N) is 1. The summed E-state index contributed by atoms with van der Waals surface area (Å²) in [6, 6.07) is 6.38. The lowest BCUT2D eigenvalue weighted by molar-refractivity contribution is -0.114. The first-order valence-corrected chi connectivity index (χ1v) is 6.86. The number of hydrogen-bond donors (Lipinski definition) is 3. The first-order valence-electron chi connectivity index (χ1n) is 6.48. The fourth-order valence-electron chi connectivity index (χ4n) is 1.73. The van der Waals surface area contributed by atoms with Crippen LogP contribution < -0.4 is 16.0 Å². The van der Waals surface area contributed by atoms with Gasteiger partial charge in [0, 0.05) is 18.7 Å². The predicted molar refractivity (Wildman–Crippen MR) is 83.2 cm³/mol. The fraction of sp³-hybridized carbons (Fsp3) is 0.214. The van der Waals surface area contributed by atoms with Gasteiger partial charge in [0.15, 0.2) is 5.82 Å². The monoisotopic (exact) mass is 322 g/mol. The van der Waals surface area contributed by atoms with Gasteiger partial charge in [0.1, 0.15) is 5.76 Å². The Balaban J connectivity index is 1.98. The Morgan fingerprint density at radius 2 is 2.09 bits per heavy atom. The SMILES string of the molecule is CNC(=O)c1ccc(Cl)c(NCC(=O)Nc2cc(C)on2)c1. The molecule has 0 fully saturated rings. The number of carbonyl (C=O) groups excluding carboxylic acids is 2. The van der Waals surface area contributed by atoms with Crippen molar-refractivity contribution >= 4 is 34.9 Å². The summed E-state index contributed by atoms with van der Waals surface area (Å²) < 4.78 is 4.85. The first-order chi connectivity index (χ1) is 10.5. The molecule has 2 aromatic rings. The molecular weight excluding hydrogens is 308 g/mol. The molecule has 0 spiro atoms. The topological polar surface area (TPSA) is 96.3 Å². The van der Waals surface area contributed by atoms with Crippen LogP contribution >= 0.6 is 11.6 Å². The Morgan fingerprint density at radius 1 is 1.32 bits per heavy atom. The van der Waals surface area contributed by atoms with E-state index in [0.29, 0.717) is 27.9 Å². The molecule has 1 heterocycles. The van der Waals surface area contributed by atoms with Crippen LogP contribution in [0.2, 0.25) is 5.02 Å². The average molecular weight is 323 g/mol. The number of rotatable bonds is 5. The summed E-state index contributed by atoms with van der Waals surface area (Å²) in [6.07, 6.45) is 0. The second-order valence-corrected chi connectivity index (χ2v) is 4.91. The molecule has 2 amide bonds. The van der Waals surface area contributed by atoms with Crippen molar-refractivity contribution in [1.82, 2.24) is 10.5 Å². The molecule has 2 rings (SSSR count). The normalized spacial score (nSPS) is 10.1. The van der Waals surface area contributed by atoms with Crippen LogP contribution in [0.4, 0.5) is 11.5 Å². The Labute approximate surface area is 132 Å². The van der Waals surface area contributed by atoms with Gasteiger partial charge in [-0.3, -0.25) is 9.59 Å². The molecule has 7 nitrogen and oxygen atoms in total. The van der Waals surface area contributed by atoms with Crippen molar-refractivity contribution in [2.24, 2.45) is 0 Å². The van der Waals surface area contributed by atoms with Crippen LogP contribution in [0.25, 0.3) is 0 Å². The minimum Gasteiger partial charge on any atom is -0.375 e. The third-order valence-corrected chi connectivity index (χ3v) is 3.12. The summed E-state index contributed by atoms with van der Waals surface area (Å²) in [5.74, 6) is 0.399. The second kappa shape index (κ2) is 6.95. The Bertz CT molecular complexity index is 699. The zero-order chi connectivity index (χ0) is 16.1. The first kappa shape index (κ1) is 15.8. The minimum atomic E-state index is -0.310. The molecule has 22 heavy (non-hydrogen) atoms. The van der Waals surface area contributed by atoms with E-state index in [2.05, 4.69) is 21.1 Å². The van der Waals surface area contributed by atoms with Crippen molar-refractivity contribution < 1.29 is 14.1 Å². The number of anilines is 2. The summed E-state index contributed by atoms with van der Waals surface area (Å²) in [6.45, 7) is 1.70. The number of aryl methyl sites for hydroxylation is 1. The number of halogens is 1. The molecule has 0 radical (unpaired) electrons. The predicted octanol–water partition coefficient (Wildman–Crippen LogP) is 2.05. The standard InChI is InChI=1S/C14H15ClN4O3/c1-8-5-12(19-22-8)18-13(20)7-17-11-6-9(14(21)16-2)3-4-10(11)15/h3-6,17H,7H2,1-2H3,(H,16,21)(H,18,19,20). The molecule has 0 aliphatic rings. The zero-order valence-electron chi connectivity index (χ0n) is 12.1. The van der Waals surface area contributed by atoms with Gasteiger partial charge in [0.25, 0.3) is 5.91 Å². The third-order valence-electron chi connectivity index (χ3n) is 2.79. The number of nitrogens with one attached hydrogen (secondary N) is 3. The van der Waals surface area contributed by atoms with Gasteiger partial charge in [0.2, 0.25) is 5.91 Å². The fourth-order valence-corrected chi connectivity index (χ4v) is 1.92. The zero-order valence-corrected chi connectivity index (χ0v) is 12.8. The summed E-state index contributed by atoms with van der Waals surface area (Å²) >= 11 is 6.04. The van der Waals surface area contributed by atoms with Gasteiger partial charge in [0.05, 0.1) is 17.3 Å². The van der Waals surface area contributed by atoms with E-state index < -0.39 is 0 Å². The average Bonchev–Trinajstić information content (AvgIpc) is 2.90. The van der Waals surface area contributed by atoms with Gasteiger partial charge in [-0.05, 0) is 25.1 Å². The Morgan fingerprint density at radius 3 is 2.73 bits per heavy atom. The highest BCUT2D eigenvalue weighted by Crippen LogP contribution is 2.22. The molecule has 8 heteroatoms. The van der Waals surface area contributed by atoms with Crippen molar-refractivity contribution in [3.8, 4) is 0 Å².